The Hall–Kier alpha value is -0.370. The Balaban J connectivity index is 0.00000289. The van der Waals surface area contributed by atoms with Crippen LogP contribution in [0.15, 0.2) is 11.2 Å². The van der Waals surface area contributed by atoms with Crippen LogP contribution in [0.3, 0.4) is 0 Å². The molecule has 0 saturated heterocycles. The highest BCUT2D eigenvalue weighted by Crippen LogP contribution is 2.10. The molecule has 0 amide bonds. The lowest BCUT2D eigenvalue weighted by Gasteiger charge is -2.15. The minimum absolute atomic E-state index is 0. The Morgan fingerprint density at radius 3 is 2.78 bits per heavy atom. The third kappa shape index (κ3) is 6.53. The number of guanidine groups is 1. The van der Waals surface area contributed by atoms with Crippen LogP contribution < -0.4 is 10.6 Å². The molecule has 0 aliphatic rings. The van der Waals surface area contributed by atoms with Crippen LogP contribution in [0.1, 0.15) is 30.2 Å². The number of aliphatic imine (C=N–C) groups is 1. The van der Waals surface area contributed by atoms with Gasteiger partial charge in [-0.2, -0.15) is 0 Å². The summed E-state index contributed by atoms with van der Waals surface area (Å²) in [6.07, 6.45) is 3.96. The maximum Gasteiger partial charge on any atom is 0.191 e. The minimum Gasteiger partial charge on any atom is -0.356 e. The topological polar surface area (TPSA) is 49.3 Å². The summed E-state index contributed by atoms with van der Waals surface area (Å²) >= 11 is 1.75. The maximum atomic E-state index is 4.33. The van der Waals surface area contributed by atoms with Crippen molar-refractivity contribution >= 4 is 41.3 Å². The highest BCUT2D eigenvalue weighted by molar-refractivity contribution is 14.0. The van der Waals surface area contributed by atoms with E-state index in [1.165, 1.54) is 9.88 Å². The number of nitrogens with zero attached hydrogens (tertiary/aromatic N) is 2. The highest BCUT2D eigenvalue weighted by atomic mass is 127. The van der Waals surface area contributed by atoms with Gasteiger partial charge in [-0.15, -0.1) is 35.3 Å². The number of thiazole rings is 1. The normalized spacial score (nSPS) is 12.8. The summed E-state index contributed by atoms with van der Waals surface area (Å²) in [5, 5.41) is 7.80. The molecule has 0 aliphatic heterocycles. The summed E-state index contributed by atoms with van der Waals surface area (Å²) in [7, 11) is 1.80. The van der Waals surface area contributed by atoms with Crippen molar-refractivity contribution in [2.45, 2.75) is 39.7 Å². The first kappa shape index (κ1) is 17.6. The first-order chi connectivity index (χ1) is 8.15. The van der Waals surface area contributed by atoms with Crippen LogP contribution in [0.2, 0.25) is 0 Å². The number of aryl methyl sites for hydroxylation is 1. The van der Waals surface area contributed by atoms with E-state index in [4.69, 9.17) is 0 Å². The summed E-state index contributed by atoms with van der Waals surface area (Å²) in [5.41, 5.74) is 0. The van der Waals surface area contributed by atoms with Gasteiger partial charge in [0.2, 0.25) is 0 Å². The Labute approximate surface area is 131 Å². The predicted octanol–water partition coefficient (Wildman–Crippen LogP) is 2.58. The fourth-order valence-electron chi connectivity index (χ4n) is 1.33. The van der Waals surface area contributed by atoms with Gasteiger partial charge in [0.05, 0.1) is 5.01 Å². The van der Waals surface area contributed by atoms with Crippen LogP contribution in [0.4, 0.5) is 0 Å². The molecule has 0 fully saturated rings. The number of hydrogen-bond acceptors (Lipinski definition) is 3. The van der Waals surface area contributed by atoms with Crippen molar-refractivity contribution in [2.24, 2.45) is 4.99 Å². The second-order valence-electron chi connectivity index (χ2n) is 4.07. The molecule has 1 heterocycles. The lowest BCUT2D eigenvalue weighted by Crippen LogP contribution is -2.42. The van der Waals surface area contributed by atoms with E-state index < -0.39 is 0 Å². The van der Waals surface area contributed by atoms with Crippen LogP contribution in [-0.2, 0) is 6.42 Å². The standard InChI is InChI=1S/C12H22N4S.HI/c1-5-9(2)16-12(13-4)14-7-6-11-15-8-10(3)17-11;/h8-9H,5-7H2,1-4H3,(H2,13,14,16);1H. The number of nitrogens with one attached hydrogen (secondary N) is 2. The smallest absolute Gasteiger partial charge is 0.191 e. The largest absolute Gasteiger partial charge is 0.356 e. The monoisotopic (exact) mass is 382 g/mol. The van der Waals surface area contributed by atoms with Crippen LogP contribution >= 0.6 is 35.3 Å². The van der Waals surface area contributed by atoms with Gasteiger partial charge in [-0.25, -0.2) is 4.98 Å². The second-order valence-corrected chi connectivity index (χ2v) is 5.39. The van der Waals surface area contributed by atoms with Gasteiger partial charge >= 0.3 is 0 Å². The number of aromatic nitrogens is 1. The van der Waals surface area contributed by atoms with E-state index in [-0.39, 0.29) is 24.0 Å². The Kier molecular flexibility index (Phi) is 9.35. The summed E-state index contributed by atoms with van der Waals surface area (Å²) < 4.78 is 0. The summed E-state index contributed by atoms with van der Waals surface area (Å²) in [6, 6.07) is 0.448. The molecule has 1 unspecified atom stereocenters. The van der Waals surface area contributed by atoms with E-state index in [0.717, 1.165) is 25.3 Å². The van der Waals surface area contributed by atoms with Crippen molar-refractivity contribution in [3.8, 4) is 0 Å². The SMILES string of the molecule is CCC(C)NC(=NC)NCCc1ncc(C)s1.I. The van der Waals surface area contributed by atoms with E-state index in [1.807, 2.05) is 6.20 Å². The molecule has 0 bridgehead atoms. The van der Waals surface area contributed by atoms with Crippen molar-refractivity contribution in [1.29, 1.82) is 0 Å². The molecule has 2 N–H and O–H groups in total. The van der Waals surface area contributed by atoms with Crippen molar-refractivity contribution in [3.05, 3.63) is 16.1 Å². The van der Waals surface area contributed by atoms with Crippen molar-refractivity contribution in [2.75, 3.05) is 13.6 Å². The highest BCUT2D eigenvalue weighted by Gasteiger charge is 2.03. The van der Waals surface area contributed by atoms with E-state index in [9.17, 15) is 0 Å². The average molecular weight is 382 g/mol. The lowest BCUT2D eigenvalue weighted by atomic mass is 10.3. The molecule has 1 aromatic heterocycles. The molecule has 0 aromatic carbocycles. The van der Waals surface area contributed by atoms with Crippen molar-refractivity contribution < 1.29 is 0 Å². The molecule has 1 atom stereocenters. The molecular formula is C12H23IN4S. The third-order valence-corrected chi connectivity index (χ3v) is 3.49. The fourth-order valence-corrected chi connectivity index (χ4v) is 2.12. The van der Waals surface area contributed by atoms with Gasteiger partial charge < -0.3 is 10.6 Å². The number of hydrogen-bond donors (Lipinski definition) is 2. The van der Waals surface area contributed by atoms with E-state index in [1.54, 1.807) is 18.4 Å². The number of halogens is 1. The fraction of sp³-hybridized carbons (Fsp3) is 0.667. The van der Waals surface area contributed by atoms with E-state index in [0.29, 0.717) is 6.04 Å². The molecule has 6 heteroatoms. The van der Waals surface area contributed by atoms with Gasteiger partial charge in [0.25, 0.3) is 0 Å². The van der Waals surface area contributed by atoms with Gasteiger partial charge in [-0.1, -0.05) is 6.92 Å². The summed E-state index contributed by atoms with van der Waals surface area (Å²) in [5.74, 6) is 0.868. The van der Waals surface area contributed by atoms with Crippen molar-refractivity contribution in [3.63, 3.8) is 0 Å². The lowest BCUT2D eigenvalue weighted by molar-refractivity contribution is 0.624. The Morgan fingerprint density at radius 1 is 1.56 bits per heavy atom. The third-order valence-electron chi connectivity index (χ3n) is 2.52. The van der Waals surface area contributed by atoms with Gasteiger partial charge in [-0.05, 0) is 20.3 Å². The molecule has 0 saturated carbocycles. The zero-order chi connectivity index (χ0) is 12.7. The molecule has 0 aliphatic carbocycles. The first-order valence-corrected chi connectivity index (χ1v) is 6.85. The molecule has 0 spiro atoms. The second kappa shape index (κ2) is 9.55. The molecule has 1 aromatic rings. The first-order valence-electron chi connectivity index (χ1n) is 6.04. The molecule has 104 valence electrons. The van der Waals surface area contributed by atoms with Gasteiger partial charge in [0.1, 0.15) is 0 Å². The van der Waals surface area contributed by atoms with Crippen molar-refractivity contribution in [1.82, 2.24) is 15.6 Å². The summed E-state index contributed by atoms with van der Waals surface area (Å²) in [4.78, 5) is 9.79. The molecule has 0 radical (unpaired) electrons. The molecule has 18 heavy (non-hydrogen) atoms. The van der Waals surface area contributed by atoms with Gasteiger partial charge in [0.15, 0.2) is 5.96 Å². The summed E-state index contributed by atoms with van der Waals surface area (Å²) in [6.45, 7) is 7.25. The molecule has 4 nitrogen and oxygen atoms in total. The maximum absolute atomic E-state index is 4.33. The van der Waals surface area contributed by atoms with E-state index in [2.05, 4.69) is 41.4 Å². The van der Waals surface area contributed by atoms with Crippen LogP contribution in [0, 0.1) is 6.92 Å². The minimum atomic E-state index is 0. The predicted molar refractivity (Wildman–Crippen MR) is 90.2 cm³/mol. The van der Waals surface area contributed by atoms with Gasteiger partial charge in [0, 0.05) is 37.1 Å². The van der Waals surface area contributed by atoms with Crippen LogP contribution in [0.25, 0.3) is 0 Å². The zero-order valence-electron chi connectivity index (χ0n) is 11.5. The van der Waals surface area contributed by atoms with Crippen LogP contribution in [-0.4, -0.2) is 30.6 Å². The van der Waals surface area contributed by atoms with E-state index >= 15 is 0 Å². The Bertz CT molecular complexity index is 365. The average Bonchev–Trinajstić information content (AvgIpc) is 2.73. The van der Waals surface area contributed by atoms with Crippen LogP contribution in [0.5, 0.6) is 0 Å². The van der Waals surface area contributed by atoms with Gasteiger partial charge in [-0.3, -0.25) is 4.99 Å². The Morgan fingerprint density at radius 2 is 2.28 bits per heavy atom. The molecular weight excluding hydrogens is 359 g/mol. The quantitative estimate of drug-likeness (QED) is 0.468. The zero-order valence-corrected chi connectivity index (χ0v) is 14.6. The molecule has 1 rings (SSSR count). The number of rotatable bonds is 5.